The molecule has 0 rings (SSSR count). The molecule has 130 valence electrons. The Morgan fingerprint density at radius 2 is 1.45 bits per heavy atom. The van der Waals surface area contributed by atoms with Crippen molar-refractivity contribution in [2.75, 3.05) is 0 Å². The first-order valence-corrected chi connectivity index (χ1v) is 8.68. The van der Waals surface area contributed by atoms with E-state index in [1.54, 1.807) is 0 Å². The molecule has 4 unspecified atom stereocenters. The van der Waals surface area contributed by atoms with E-state index in [9.17, 15) is 24.9 Å². The van der Waals surface area contributed by atoms with Crippen LogP contribution in [-0.4, -0.2) is 50.4 Å². The Balaban J connectivity index is 4.03. The highest BCUT2D eigenvalue weighted by molar-refractivity contribution is 9.10. The summed E-state index contributed by atoms with van der Waals surface area (Å²) in [5.74, 6) is -1.68. The fourth-order valence-electron chi connectivity index (χ4n) is 1.92. The third-order valence-corrected chi connectivity index (χ3v) is 4.11. The predicted octanol–water partition coefficient (Wildman–Crippen LogP) is 1.67. The number of carbonyl (C=O) groups is 2. The zero-order chi connectivity index (χ0) is 17.1. The number of ether oxygens (including phenoxy) is 1. The molecule has 0 aromatic rings. The average Bonchev–Trinajstić information content (AvgIpc) is 2.47. The van der Waals surface area contributed by atoms with Gasteiger partial charge in [0.05, 0.1) is 12.2 Å². The monoisotopic (exact) mass is 382 g/mol. The second-order valence-electron chi connectivity index (χ2n) is 5.37. The first kappa shape index (κ1) is 21.5. The van der Waals surface area contributed by atoms with Gasteiger partial charge in [0.2, 0.25) is 0 Å². The van der Waals surface area contributed by atoms with Crippen LogP contribution in [0.15, 0.2) is 0 Å². The van der Waals surface area contributed by atoms with Crippen LogP contribution in [0, 0.1) is 0 Å². The molecule has 0 radical (unpaired) electrons. The molecule has 6 nitrogen and oxygen atoms in total. The van der Waals surface area contributed by atoms with E-state index in [0.29, 0.717) is 19.3 Å². The molecule has 0 amide bonds. The maximum atomic E-state index is 11.5. The third-order valence-electron chi connectivity index (χ3n) is 3.28. The summed E-state index contributed by atoms with van der Waals surface area (Å²) in [7, 11) is 0. The van der Waals surface area contributed by atoms with Gasteiger partial charge < -0.3 is 20.1 Å². The Labute approximate surface area is 140 Å². The molecular weight excluding hydrogens is 356 g/mol. The van der Waals surface area contributed by atoms with Crippen molar-refractivity contribution >= 4 is 27.9 Å². The van der Waals surface area contributed by atoms with E-state index >= 15 is 0 Å². The summed E-state index contributed by atoms with van der Waals surface area (Å²) in [4.78, 5) is 22.5. The molecule has 0 aliphatic carbocycles. The number of rotatable bonds is 11. The fraction of sp³-hybridized carbons (Fsp3) is 0.867. The number of carbonyl (C=O) groups excluding carboxylic acids is 2. The van der Waals surface area contributed by atoms with Crippen LogP contribution in [-0.2, 0) is 14.3 Å². The molecule has 0 heterocycles. The van der Waals surface area contributed by atoms with Crippen molar-refractivity contribution < 1.29 is 29.6 Å². The van der Waals surface area contributed by atoms with Crippen molar-refractivity contribution in [2.24, 2.45) is 0 Å². The lowest BCUT2D eigenvalue weighted by molar-refractivity contribution is -0.165. The summed E-state index contributed by atoms with van der Waals surface area (Å²) in [5.41, 5.74) is 0. The number of hydrogen-bond donors (Lipinski definition) is 3. The van der Waals surface area contributed by atoms with Gasteiger partial charge in [-0.25, -0.2) is 4.79 Å². The SMILES string of the molecule is CCCC(Br)C(=O)OC(=O)C(O)CCCC(O)C(O)CCC. The van der Waals surface area contributed by atoms with E-state index in [4.69, 9.17) is 0 Å². The van der Waals surface area contributed by atoms with Crippen molar-refractivity contribution in [1.29, 1.82) is 0 Å². The molecule has 0 bridgehead atoms. The molecule has 4 atom stereocenters. The highest BCUT2D eigenvalue weighted by atomic mass is 79.9. The Morgan fingerprint density at radius 1 is 0.909 bits per heavy atom. The van der Waals surface area contributed by atoms with Gasteiger partial charge in [0.25, 0.3) is 0 Å². The fourth-order valence-corrected chi connectivity index (χ4v) is 2.47. The van der Waals surface area contributed by atoms with Gasteiger partial charge in [-0.15, -0.1) is 0 Å². The lowest BCUT2D eigenvalue weighted by Gasteiger charge is -2.17. The number of aliphatic hydroxyl groups excluding tert-OH is 3. The number of esters is 2. The van der Waals surface area contributed by atoms with Gasteiger partial charge in [-0.3, -0.25) is 4.79 Å². The quantitative estimate of drug-likeness (QED) is 0.285. The Morgan fingerprint density at radius 3 is 2.00 bits per heavy atom. The van der Waals surface area contributed by atoms with Crippen LogP contribution in [0.25, 0.3) is 0 Å². The average molecular weight is 383 g/mol. The molecule has 0 saturated carbocycles. The number of halogens is 1. The smallest absolute Gasteiger partial charge is 0.342 e. The molecule has 7 heteroatoms. The van der Waals surface area contributed by atoms with E-state index in [-0.39, 0.29) is 12.8 Å². The standard InChI is InChI=1S/C15H27BrO6/c1-3-6-10(16)14(20)22-15(21)13(19)9-5-8-12(18)11(17)7-4-2/h10-13,17-19H,3-9H2,1-2H3. The van der Waals surface area contributed by atoms with Crippen LogP contribution in [0.4, 0.5) is 0 Å². The minimum absolute atomic E-state index is 0.0722. The van der Waals surface area contributed by atoms with E-state index in [1.165, 1.54) is 0 Å². The second kappa shape index (κ2) is 12.0. The normalized spacial score (nSPS) is 16.6. The maximum Gasteiger partial charge on any atom is 0.342 e. The molecule has 3 N–H and O–H groups in total. The molecule has 0 spiro atoms. The van der Waals surface area contributed by atoms with E-state index < -0.39 is 35.1 Å². The van der Waals surface area contributed by atoms with Gasteiger partial charge in [-0.2, -0.15) is 0 Å². The van der Waals surface area contributed by atoms with Gasteiger partial charge in [-0.05, 0) is 32.1 Å². The topological polar surface area (TPSA) is 104 Å². The summed E-state index contributed by atoms with van der Waals surface area (Å²) in [6, 6.07) is 0. The maximum absolute atomic E-state index is 11.5. The molecule has 0 aliphatic rings. The predicted molar refractivity (Wildman–Crippen MR) is 85.5 cm³/mol. The van der Waals surface area contributed by atoms with Crippen molar-refractivity contribution in [3.63, 3.8) is 0 Å². The summed E-state index contributed by atoms with van der Waals surface area (Å²) >= 11 is 3.11. The summed E-state index contributed by atoms with van der Waals surface area (Å²) < 4.78 is 4.58. The summed E-state index contributed by atoms with van der Waals surface area (Å²) in [6.45, 7) is 3.80. The van der Waals surface area contributed by atoms with Crippen LogP contribution >= 0.6 is 15.9 Å². The van der Waals surface area contributed by atoms with Gasteiger partial charge >= 0.3 is 11.9 Å². The van der Waals surface area contributed by atoms with Crippen molar-refractivity contribution in [1.82, 2.24) is 0 Å². The molecule has 0 aromatic heterocycles. The van der Waals surface area contributed by atoms with Gasteiger partial charge in [0.1, 0.15) is 4.83 Å². The van der Waals surface area contributed by atoms with Gasteiger partial charge in [-0.1, -0.05) is 42.6 Å². The largest absolute Gasteiger partial charge is 0.390 e. The zero-order valence-corrected chi connectivity index (χ0v) is 14.8. The Kier molecular flexibility index (Phi) is 11.7. The number of alkyl halides is 1. The first-order chi connectivity index (χ1) is 10.3. The lowest BCUT2D eigenvalue weighted by Crippen LogP contribution is -2.30. The van der Waals surface area contributed by atoms with Crippen molar-refractivity contribution in [2.45, 2.75) is 81.9 Å². The molecule has 0 saturated heterocycles. The van der Waals surface area contributed by atoms with Crippen molar-refractivity contribution in [3.05, 3.63) is 0 Å². The highest BCUT2D eigenvalue weighted by Crippen LogP contribution is 2.13. The van der Waals surface area contributed by atoms with Gasteiger partial charge in [0, 0.05) is 0 Å². The van der Waals surface area contributed by atoms with Crippen LogP contribution in [0.2, 0.25) is 0 Å². The second-order valence-corrected chi connectivity index (χ2v) is 6.47. The van der Waals surface area contributed by atoms with Crippen LogP contribution in [0.5, 0.6) is 0 Å². The number of hydrogen-bond acceptors (Lipinski definition) is 6. The van der Waals surface area contributed by atoms with Crippen LogP contribution in [0.1, 0.15) is 58.8 Å². The van der Waals surface area contributed by atoms with Crippen molar-refractivity contribution in [3.8, 4) is 0 Å². The van der Waals surface area contributed by atoms with E-state index in [1.807, 2.05) is 13.8 Å². The van der Waals surface area contributed by atoms with Crippen LogP contribution < -0.4 is 0 Å². The third kappa shape index (κ3) is 8.82. The summed E-state index contributed by atoms with van der Waals surface area (Å²) in [5, 5.41) is 28.9. The van der Waals surface area contributed by atoms with Crippen LogP contribution in [0.3, 0.4) is 0 Å². The lowest BCUT2D eigenvalue weighted by atomic mass is 10.0. The molecule has 0 aromatic carbocycles. The highest BCUT2D eigenvalue weighted by Gasteiger charge is 2.24. The number of aliphatic hydroxyl groups is 3. The zero-order valence-electron chi connectivity index (χ0n) is 13.2. The van der Waals surface area contributed by atoms with Gasteiger partial charge in [0.15, 0.2) is 6.10 Å². The first-order valence-electron chi connectivity index (χ1n) is 7.77. The Bertz CT molecular complexity index is 336. The minimum atomic E-state index is -1.40. The molecule has 0 aliphatic heterocycles. The summed E-state index contributed by atoms with van der Waals surface area (Å²) in [6.07, 6.45) is 0.202. The minimum Gasteiger partial charge on any atom is -0.390 e. The Hall–Kier alpha value is -0.500. The molecule has 0 fully saturated rings. The molecular formula is C15H27BrO6. The van der Waals surface area contributed by atoms with E-state index in [0.717, 1.165) is 12.8 Å². The van der Waals surface area contributed by atoms with E-state index in [2.05, 4.69) is 20.7 Å². The molecule has 22 heavy (non-hydrogen) atoms.